The van der Waals surface area contributed by atoms with Crippen LogP contribution in [0.5, 0.6) is 0 Å². The Labute approximate surface area is 81.4 Å². The first kappa shape index (κ1) is 9.66. The van der Waals surface area contributed by atoms with E-state index in [1.807, 2.05) is 11.8 Å². The number of nitrogens with two attached hydrogens (primary N) is 1. The maximum absolute atomic E-state index is 5.29. The topological polar surface area (TPSA) is 26.0 Å². The van der Waals surface area contributed by atoms with Crippen LogP contribution in [0.4, 0.5) is 0 Å². The second-order valence-corrected chi connectivity index (χ2v) is 4.06. The van der Waals surface area contributed by atoms with Gasteiger partial charge in [-0.3, -0.25) is 0 Å². The van der Waals surface area contributed by atoms with E-state index in [0.29, 0.717) is 6.54 Å². The van der Waals surface area contributed by atoms with Gasteiger partial charge in [0.15, 0.2) is 0 Å². The van der Waals surface area contributed by atoms with Crippen molar-refractivity contribution in [1.82, 2.24) is 0 Å². The van der Waals surface area contributed by atoms with Gasteiger partial charge in [-0.25, -0.2) is 0 Å². The van der Waals surface area contributed by atoms with E-state index in [0.717, 1.165) is 11.3 Å². The number of thioether (sulfide) groups is 1. The summed E-state index contributed by atoms with van der Waals surface area (Å²) in [5, 5.41) is 2.08. The molecule has 1 heterocycles. The highest BCUT2D eigenvalue weighted by atomic mass is 32.2. The lowest BCUT2D eigenvalue weighted by Gasteiger charge is -1.92. The molecular weight excluding hydrogens is 186 g/mol. The third-order valence-corrected chi connectivity index (χ3v) is 3.03. The zero-order valence-electron chi connectivity index (χ0n) is 6.96. The summed E-state index contributed by atoms with van der Waals surface area (Å²) >= 11 is 3.58. The molecule has 12 heavy (non-hydrogen) atoms. The summed E-state index contributed by atoms with van der Waals surface area (Å²) in [7, 11) is 0. The maximum atomic E-state index is 5.29. The highest BCUT2D eigenvalue weighted by molar-refractivity contribution is 7.97. The third-order valence-electron chi connectivity index (χ3n) is 1.35. The molecule has 0 saturated carbocycles. The predicted octanol–water partition coefficient (Wildman–Crippen LogP) is 1.92. The lowest BCUT2D eigenvalue weighted by molar-refractivity contribution is 1.30. The van der Waals surface area contributed by atoms with Gasteiger partial charge in [-0.2, -0.15) is 11.8 Å². The quantitative estimate of drug-likeness (QED) is 0.733. The molecule has 1 aromatic heterocycles. The van der Waals surface area contributed by atoms with Gasteiger partial charge in [0.1, 0.15) is 0 Å². The van der Waals surface area contributed by atoms with E-state index in [1.165, 1.54) is 4.88 Å². The Morgan fingerprint density at radius 3 is 3.17 bits per heavy atom. The van der Waals surface area contributed by atoms with E-state index in [4.69, 9.17) is 5.73 Å². The maximum Gasteiger partial charge on any atom is 0.0555 e. The first-order valence-corrected chi connectivity index (χ1v) is 5.90. The summed E-state index contributed by atoms with van der Waals surface area (Å²) in [6.07, 6.45) is 2.10. The number of hydrogen-bond donors (Lipinski definition) is 1. The molecular formula is C9H11NS2. The SMILES string of the molecule is CSCc1sccc1C#CCN. The molecule has 0 atom stereocenters. The van der Waals surface area contributed by atoms with Crippen molar-refractivity contribution in [2.45, 2.75) is 5.75 Å². The number of hydrogen-bond acceptors (Lipinski definition) is 3. The van der Waals surface area contributed by atoms with Gasteiger partial charge in [0.05, 0.1) is 6.54 Å². The number of rotatable bonds is 2. The molecule has 1 aromatic rings. The third kappa shape index (κ3) is 2.56. The normalized spacial score (nSPS) is 9.17. The smallest absolute Gasteiger partial charge is 0.0555 e. The zero-order valence-corrected chi connectivity index (χ0v) is 8.60. The summed E-state index contributed by atoms with van der Waals surface area (Å²) in [4.78, 5) is 1.35. The lowest BCUT2D eigenvalue weighted by atomic mass is 10.3. The molecule has 0 aliphatic carbocycles. The second-order valence-electron chi connectivity index (χ2n) is 2.20. The van der Waals surface area contributed by atoms with E-state index >= 15 is 0 Å². The van der Waals surface area contributed by atoms with Crippen LogP contribution >= 0.6 is 23.1 Å². The molecule has 2 N–H and O–H groups in total. The Bertz CT molecular complexity index is 293. The Kier molecular flexibility index (Phi) is 4.23. The lowest BCUT2D eigenvalue weighted by Crippen LogP contribution is -1.93. The molecule has 0 aliphatic rings. The van der Waals surface area contributed by atoms with Crippen molar-refractivity contribution < 1.29 is 0 Å². The van der Waals surface area contributed by atoms with E-state index in [9.17, 15) is 0 Å². The van der Waals surface area contributed by atoms with Crippen LogP contribution in [0.15, 0.2) is 11.4 Å². The molecule has 1 rings (SSSR count). The average molecular weight is 197 g/mol. The molecule has 0 unspecified atom stereocenters. The van der Waals surface area contributed by atoms with E-state index in [1.54, 1.807) is 11.3 Å². The van der Waals surface area contributed by atoms with Gasteiger partial charge >= 0.3 is 0 Å². The summed E-state index contributed by atoms with van der Waals surface area (Å²) in [6, 6.07) is 2.05. The van der Waals surface area contributed by atoms with Crippen LogP contribution in [0.1, 0.15) is 10.4 Å². The first-order valence-electron chi connectivity index (χ1n) is 3.62. The predicted molar refractivity (Wildman–Crippen MR) is 57.5 cm³/mol. The second kappa shape index (κ2) is 5.26. The van der Waals surface area contributed by atoms with Crippen LogP contribution in [-0.4, -0.2) is 12.8 Å². The molecule has 0 fully saturated rings. The van der Waals surface area contributed by atoms with Crippen LogP contribution in [0, 0.1) is 11.8 Å². The molecule has 0 radical (unpaired) electrons. The zero-order chi connectivity index (χ0) is 8.81. The van der Waals surface area contributed by atoms with Gasteiger partial charge in [-0.1, -0.05) is 11.8 Å². The highest BCUT2D eigenvalue weighted by Gasteiger charge is 1.99. The summed E-state index contributed by atoms with van der Waals surface area (Å²) in [5.74, 6) is 6.97. The fourth-order valence-corrected chi connectivity index (χ4v) is 2.50. The van der Waals surface area contributed by atoms with Gasteiger partial charge in [-0.05, 0) is 17.7 Å². The van der Waals surface area contributed by atoms with Crippen LogP contribution in [0.2, 0.25) is 0 Å². The van der Waals surface area contributed by atoms with E-state index in [-0.39, 0.29) is 0 Å². The first-order chi connectivity index (χ1) is 5.88. The fourth-order valence-electron chi connectivity index (χ4n) is 0.841. The minimum absolute atomic E-state index is 0.439. The van der Waals surface area contributed by atoms with Crippen molar-refractivity contribution in [3.05, 3.63) is 21.9 Å². The Balaban J connectivity index is 2.76. The van der Waals surface area contributed by atoms with E-state index < -0.39 is 0 Å². The van der Waals surface area contributed by atoms with Crippen molar-refractivity contribution in [3.8, 4) is 11.8 Å². The standard InChI is InChI=1S/C9H11NS2/c1-11-7-9-8(3-2-5-10)4-6-12-9/h4,6H,5,7,10H2,1H3. The molecule has 1 nitrogen and oxygen atoms in total. The van der Waals surface area contributed by atoms with Crippen LogP contribution in [0.25, 0.3) is 0 Å². The van der Waals surface area contributed by atoms with Crippen LogP contribution in [0.3, 0.4) is 0 Å². The Morgan fingerprint density at radius 1 is 1.67 bits per heavy atom. The van der Waals surface area contributed by atoms with Crippen molar-refractivity contribution in [3.63, 3.8) is 0 Å². The molecule has 0 bridgehead atoms. The molecule has 0 amide bonds. The van der Waals surface area contributed by atoms with Gasteiger partial charge in [0.25, 0.3) is 0 Å². The number of thiophene rings is 1. The van der Waals surface area contributed by atoms with Gasteiger partial charge in [-0.15, -0.1) is 11.3 Å². The molecule has 0 saturated heterocycles. The summed E-state index contributed by atoms with van der Waals surface area (Å²) in [6.45, 7) is 0.439. The monoisotopic (exact) mass is 197 g/mol. The van der Waals surface area contributed by atoms with Crippen molar-refractivity contribution in [2.24, 2.45) is 5.73 Å². The van der Waals surface area contributed by atoms with Gasteiger partial charge < -0.3 is 5.73 Å². The minimum atomic E-state index is 0.439. The van der Waals surface area contributed by atoms with Gasteiger partial charge in [0, 0.05) is 16.2 Å². The Hall–Kier alpha value is -0.430. The largest absolute Gasteiger partial charge is 0.320 e. The fraction of sp³-hybridized carbons (Fsp3) is 0.333. The van der Waals surface area contributed by atoms with Crippen LogP contribution < -0.4 is 5.73 Å². The summed E-state index contributed by atoms with van der Waals surface area (Å²) < 4.78 is 0. The molecule has 0 aliphatic heterocycles. The van der Waals surface area contributed by atoms with Gasteiger partial charge in [0.2, 0.25) is 0 Å². The molecule has 0 aromatic carbocycles. The summed E-state index contributed by atoms with van der Waals surface area (Å²) in [5.41, 5.74) is 6.43. The molecule has 3 heteroatoms. The van der Waals surface area contributed by atoms with Crippen LogP contribution in [-0.2, 0) is 5.75 Å². The highest BCUT2D eigenvalue weighted by Crippen LogP contribution is 2.20. The Morgan fingerprint density at radius 2 is 2.50 bits per heavy atom. The van der Waals surface area contributed by atoms with Crippen molar-refractivity contribution in [2.75, 3.05) is 12.8 Å². The van der Waals surface area contributed by atoms with Crippen molar-refractivity contribution in [1.29, 1.82) is 0 Å². The van der Waals surface area contributed by atoms with E-state index in [2.05, 4.69) is 29.5 Å². The molecule has 64 valence electrons. The van der Waals surface area contributed by atoms with Crippen molar-refractivity contribution >= 4 is 23.1 Å². The molecule has 0 spiro atoms. The minimum Gasteiger partial charge on any atom is -0.320 e. The average Bonchev–Trinajstić information content (AvgIpc) is 2.50.